The van der Waals surface area contributed by atoms with Crippen molar-refractivity contribution in [2.45, 2.75) is 6.54 Å². The van der Waals surface area contributed by atoms with Crippen LogP contribution in [0.3, 0.4) is 0 Å². The number of hydrogen-bond acceptors (Lipinski definition) is 2. The molecule has 0 aromatic carbocycles. The van der Waals surface area contributed by atoms with E-state index >= 15 is 0 Å². The second kappa shape index (κ2) is 3.55. The van der Waals surface area contributed by atoms with Gasteiger partial charge in [0.1, 0.15) is 5.15 Å². The predicted octanol–water partition coefficient (Wildman–Crippen LogP) is 1.57. The highest BCUT2D eigenvalue weighted by molar-refractivity contribution is 6.29. The topological polar surface area (TPSA) is 39.8 Å². The molecule has 0 aliphatic rings. The summed E-state index contributed by atoms with van der Waals surface area (Å²) in [5, 5.41) is 0.956. The number of allylic oxidation sites excluding steroid dienone is 1. The predicted molar refractivity (Wildman–Crippen MR) is 60.2 cm³/mol. The van der Waals surface area contributed by atoms with Crippen molar-refractivity contribution in [3.63, 3.8) is 0 Å². The molecular formula is C10H10ClN3O. The van der Waals surface area contributed by atoms with Crippen LogP contribution in [-0.2, 0) is 13.6 Å². The Morgan fingerprint density at radius 2 is 2.33 bits per heavy atom. The van der Waals surface area contributed by atoms with Gasteiger partial charge in [0.05, 0.1) is 11.9 Å². The summed E-state index contributed by atoms with van der Waals surface area (Å²) >= 11 is 5.77. The number of pyridine rings is 1. The Bertz CT molecular complexity index is 582. The second-order valence-electron chi connectivity index (χ2n) is 3.20. The van der Waals surface area contributed by atoms with Gasteiger partial charge in [0.15, 0.2) is 5.65 Å². The van der Waals surface area contributed by atoms with Gasteiger partial charge in [-0.2, -0.15) is 0 Å². The standard InChI is InChI=1S/C10H10ClN3O/c1-3-6-14-10(15)7-4-5-8(11)12-9(7)13(14)2/h3-5H,1,6H2,2H3. The molecule has 0 aliphatic carbocycles. The van der Waals surface area contributed by atoms with E-state index in [1.807, 2.05) is 0 Å². The molecule has 0 amide bonds. The van der Waals surface area contributed by atoms with Crippen molar-refractivity contribution in [2.24, 2.45) is 7.05 Å². The minimum absolute atomic E-state index is 0.0726. The molecule has 2 rings (SSSR count). The molecule has 0 unspecified atom stereocenters. The number of halogens is 1. The molecule has 0 saturated heterocycles. The van der Waals surface area contributed by atoms with E-state index in [0.29, 0.717) is 22.7 Å². The van der Waals surface area contributed by atoms with E-state index in [2.05, 4.69) is 11.6 Å². The number of fused-ring (bicyclic) bond motifs is 1. The zero-order chi connectivity index (χ0) is 11.0. The summed E-state index contributed by atoms with van der Waals surface area (Å²) in [6.07, 6.45) is 1.67. The molecule has 0 fully saturated rings. The molecule has 78 valence electrons. The van der Waals surface area contributed by atoms with Crippen molar-refractivity contribution in [3.05, 3.63) is 40.3 Å². The normalized spacial score (nSPS) is 10.8. The molecule has 2 aromatic heterocycles. The molecule has 2 aromatic rings. The molecule has 5 heteroatoms. The Morgan fingerprint density at radius 3 is 3.00 bits per heavy atom. The minimum atomic E-state index is -0.0726. The Kier molecular flexibility index (Phi) is 2.36. The third-order valence-corrected chi connectivity index (χ3v) is 2.49. The van der Waals surface area contributed by atoms with Crippen molar-refractivity contribution in [1.29, 1.82) is 0 Å². The zero-order valence-electron chi connectivity index (χ0n) is 8.27. The smallest absolute Gasteiger partial charge is 0.268 e. The molecule has 0 bridgehead atoms. The fourth-order valence-electron chi connectivity index (χ4n) is 1.56. The van der Waals surface area contributed by atoms with Gasteiger partial charge in [0.2, 0.25) is 0 Å². The molecule has 0 saturated carbocycles. The Hall–Kier alpha value is -1.55. The third-order valence-electron chi connectivity index (χ3n) is 2.28. The summed E-state index contributed by atoms with van der Waals surface area (Å²) in [6.45, 7) is 4.07. The monoisotopic (exact) mass is 223 g/mol. The van der Waals surface area contributed by atoms with E-state index in [4.69, 9.17) is 11.6 Å². The number of nitrogens with zero attached hydrogens (tertiary/aromatic N) is 3. The summed E-state index contributed by atoms with van der Waals surface area (Å²) in [4.78, 5) is 16.0. The quantitative estimate of drug-likeness (QED) is 0.573. The van der Waals surface area contributed by atoms with E-state index in [0.717, 1.165) is 0 Å². The molecule has 4 nitrogen and oxygen atoms in total. The molecular weight excluding hydrogens is 214 g/mol. The first-order valence-corrected chi connectivity index (χ1v) is 4.86. The first-order chi connectivity index (χ1) is 7.15. The van der Waals surface area contributed by atoms with Crippen LogP contribution in [0.5, 0.6) is 0 Å². The number of aryl methyl sites for hydroxylation is 1. The van der Waals surface area contributed by atoms with Crippen molar-refractivity contribution in [1.82, 2.24) is 14.3 Å². The minimum Gasteiger partial charge on any atom is -0.268 e. The van der Waals surface area contributed by atoms with Crippen molar-refractivity contribution < 1.29 is 0 Å². The summed E-state index contributed by atoms with van der Waals surface area (Å²) in [5.74, 6) is 0. The van der Waals surface area contributed by atoms with Crippen molar-refractivity contribution >= 4 is 22.6 Å². The molecule has 0 spiro atoms. The third kappa shape index (κ3) is 1.47. The summed E-state index contributed by atoms with van der Waals surface area (Å²) < 4.78 is 3.24. The average molecular weight is 224 g/mol. The first-order valence-electron chi connectivity index (χ1n) is 4.48. The average Bonchev–Trinajstić information content (AvgIpc) is 2.44. The highest BCUT2D eigenvalue weighted by Crippen LogP contribution is 2.12. The molecule has 0 N–H and O–H groups in total. The fraction of sp³-hybridized carbons (Fsp3) is 0.200. The molecule has 0 radical (unpaired) electrons. The van der Waals surface area contributed by atoms with Gasteiger partial charge in [0, 0.05) is 7.05 Å². The second-order valence-corrected chi connectivity index (χ2v) is 3.59. The molecule has 0 aliphatic heterocycles. The highest BCUT2D eigenvalue weighted by Gasteiger charge is 2.10. The van der Waals surface area contributed by atoms with Crippen LogP contribution in [0.2, 0.25) is 5.15 Å². The lowest BCUT2D eigenvalue weighted by Gasteiger charge is -2.02. The number of hydrogen-bond donors (Lipinski definition) is 0. The largest absolute Gasteiger partial charge is 0.276 e. The van der Waals surface area contributed by atoms with Gasteiger partial charge in [-0.05, 0) is 12.1 Å². The van der Waals surface area contributed by atoms with Gasteiger partial charge < -0.3 is 0 Å². The van der Waals surface area contributed by atoms with E-state index in [1.165, 1.54) is 0 Å². The summed E-state index contributed by atoms with van der Waals surface area (Å²) in [5.41, 5.74) is 0.519. The molecule has 0 atom stereocenters. The highest BCUT2D eigenvalue weighted by atomic mass is 35.5. The maximum absolute atomic E-state index is 11.9. The van der Waals surface area contributed by atoms with Gasteiger partial charge in [-0.15, -0.1) is 6.58 Å². The van der Waals surface area contributed by atoms with Gasteiger partial charge in [-0.1, -0.05) is 17.7 Å². The Morgan fingerprint density at radius 1 is 1.60 bits per heavy atom. The van der Waals surface area contributed by atoms with Crippen LogP contribution >= 0.6 is 11.6 Å². The van der Waals surface area contributed by atoms with Crippen LogP contribution in [0, 0.1) is 0 Å². The van der Waals surface area contributed by atoms with Crippen molar-refractivity contribution in [2.75, 3.05) is 0 Å². The first kappa shape index (κ1) is 9.98. The van der Waals surface area contributed by atoms with Crippen LogP contribution in [-0.4, -0.2) is 14.3 Å². The van der Waals surface area contributed by atoms with Crippen LogP contribution < -0.4 is 5.56 Å². The fourth-order valence-corrected chi connectivity index (χ4v) is 1.70. The summed E-state index contributed by atoms with van der Waals surface area (Å²) in [7, 11) is 1.77. The van der Waals surface area contributed by atoms with Gasteiger partial charge in [0.25, 0.3) is 5.56 Å². The van der Waals surface area contributed by atoms with E-state index < -0.39 is 0 Å². The zero-order valence-corrected chi connectivity index (χ0v) is 9.03. The lowest BCUT2D eigenvalue weighted by molar-refractivity contribution is 0.554. The maximum Gasteiger partial charge on any atom is 0.276 e. The maximum atomic E-state index is 11.9. The van der Waals surface area contributed by atoms with E-state index in [-0.39, 0.29) is 5.56 Å². The van der Waals surface area contributed by atoms with Crippen LogP contribution in [0.4, 0.5) is 0 Å². The number of aromatic nitrogens is 3. The molecule has 15 heavy (non-hydrogen) atoms. The van der Waals surface area contributed by atoms with Crippen LogP contribution in [0.1, 0.15) is 0 Å². The van der Waals surface area contributed by atoms with E-state index in [9.17, 15) is 4.79 Å². The lowest BCUT2D eigenvalue weighted by atomic mass is 10.3. The summed E-state index contributed by atoms with van der Waals surface area (Å²) in [6, 6.07) is 3.30. The van der Waals surface area contributed by atoms with Crippen molar-refractivity contribution in [3.8, 4) is 0 Å². The van der Waals surface area contributed by atoms with Gasteiger partial charge >= 0.3 is 0 Å². The lowest BCUT2D eigenvalue weighted by Crippen LogP contribution is -2.20. The number of rotatable bonds is 2. The SMILES string of the molecule is C=CCn1c(=O)c2ccc(Cl)nc2n1C. The van der Waals surface area contributed by atoms with Crippen LogP contribution in [0.25, 0.3) is 11.0 Å². The molecule has 2 heterocycles. The van der Waals surface area contributed by atoms with Crippen LogP contribution in [0.15, 0.2) is 29.6 Å². The van der Waals surface area contributed by atoms with Gasteiger partial charge in [-0.3, -0.25) is 9.48 Å². The van der Waals surface area contributed by atoms with E-state index in [1.54, 1.807) is 34.6 Å². The Labute approximate surface area is 91.4 Å². The Balaban J connectivity index is 2.85. The van der Waals surface area contributed by atoms with Gasteiger partial charge in [-0.25, -0.2) is 9.67 Å².